The summed E-state index contributed by atoms with van der Waals surface area (Å²) in [7, 11) is 0. The van der Waals surface area contributed by atoms with Crippen molar-refractivity contribution in [3.63, 3.8) is 0 Å². The highest BCUT2D eigenvalue weighted by Crippen LogP contribution is 2.29. The highest BCUT2D eigenvalue weighted by Gasteiger charge is 2.40. The molecular weight excluding hydrogens is 599 g/mol. The van der Waals surface area contributed by atoms with Crippen molar-refractivity contribution >= 4 is 29.5 Å². The third kappa shape index (κ3) is 8.10. The molecule has 2 N–H and O–H groups in total. The Morgan fingerprint density at radius 2 is 1.81 bits per heavy atom. The summed E-state index contributed by atoms with van der Waals surface area (Å²) in [4.78, 5) is 48.0. The van der Waals surface area contributed by atoms with Crippen molar-refractivity contribution < 1.29 is 23.5 Å². The molecule has 5 rings (SSSR count). The van der Waals surface area contributed by atoms with Crippen molar-refractivity contribution in [3.8, 4) is 17.3 Å². The van der Waals surface area contributed by atoms with Gasteiger partial charge in [0.2, 0.25) is 5.91 Å². The van der Waals surface area contributed by atoms with Gasteiger partial charge in [-0.15, -0.1) is 0 Å². The summed E-state index contributed by atoms with van der Waals surface area (Å²) in [5.74, 6) is -0.412. The topological polar surface area (TPSA) is 128 Å². The van der Waals surface area contributed by atoms with E-state index in [4.69, 9.17) is 9.72 Å². The van der Waals surface area contributed by atoms with Crippen LogP contribution in [0.2, 0.25) is 0 Å². The highest BCUT2D eigenvalue weighted by molar-refractivity contribution is 6.04. The fourth-order valence-electron chi connectivity index (χ4n) is 5.46. The number of nitrogens with zero attached hydrogens (tertiary/aromatic N) is 4. The zero-order chi connectivity index (χ0) is 33.2. The molecule has 0 spiro atoms. The molecule has 0 aliphatic carbocycles. The van der Waals surface area contributed by atoms with Gasteiger partial charge in [-0.25, -0.2) is 23.9 Å². The maximum atomic E-state index is 13.9. The van der Waals surface area contributed by atoms with Gasteiger partial charge in [0.25, 0.3) is 0 Å². The Hall–Kier alpha value is -5.76. The average Bonchev–Trinajstić information content (AvgIpc) is 3.09. The summed E-state index contributed by atoms with van der Waals surface area (Å²) in [5, 5.41) is 15.6. The van der Waals surface area contributed by atoms with E-state index >= 15 is 0 Å². The lowest BCUT2D eigenvalue weighted by atomic mass is 10.0. The number of amides is 4. The van der Waals surface area contributed by atoms with E-state index in [-0.39, 0.29) is 29.8 Å². The maximum Gasteiger partial charge on any atom is 0.419 e. The van der Waals surface area contributed by atoms with Gasteiger partial charge in [0.1, 0.15) is 18.5 Å². The molecule has 0 radical (unpaired) electrons. The van der Waals surface area contributed by atoms with Crippen molar-refractivity contribution in [1.82, 2.24) is 14.8 Å². The Balaban J connectivity index is 1.44. The summed E-state index contributed by atoms with van der Waals surface area (Å²) in [5.41, 5.74) is 3.23. The van der Waals surface area contributed by atoms with Crippen LogP contribution in [0.3, 0.4) is 0 Å². The van der Waals surface area contributed by atoms with Crippen LogP contribution >= 0.6 is 0 Å². The van der Waals surface area contributed by atoms with Crippen LogP contribution in [0.1, 0.15) is 36.5 Å². The fourth-order valence-corrected chi connectivity index (χ4v) is 5.46. The molecule has 4 amide bonds. The van der Waals surface area contributed by atoms with Gasteiger partial charge in [0.15, 0.2) is 5.82 Å². The molecule has 1 unspecified atom stereocenters. The Bertz CT molecular complexity index is 1780. The zero-order valence-electron chi connectivity index (χ0n) is 26.0. The number of carbonyl (C=O) groups excluding carboxylic acids is 3. The van der Waals surface area contributed by atoms with Crippen LogP contribution in [0.25, 0.3) is 11.3 Å². The molecule has 1 aromatic heterocycles. The molecule has 0 saturated carbocycles. The minimum Gasteiger partial charge on any atom is -0.444 e. The Morgan fingerprint density at radius 1 is 1.04 bits per heavy atom. The lowest BCUT2D eigenvalue weighted by Gasteiger charge is -2.36. The molecule has 4 aromatic rings. The number of halogens is 1. The number of nitrogens with one attached hydrogen (secondary N) is 2. The maximum absolute atomic E-state index is 13.9. The molecule has 3 aromatic carbocycles. The van der Waals surface area contributed by atoms with Crippen molar-refractivity contribution in [1.29, 1.82) is 5.26 Å². The third-order valence-electron chi connectivity index (χ3n) is 7.87. The number of hydrogen-bond donors (Lipinski definition) is 2. The van der Waals surface area contributed by atoms with Gasteiger partial charge >= 0.3 is 12.1 Å². The minimum absolute atomic E-state index is 0.0801. The average molecular weight is 635 g/mol. The van der Waals surface area contributed by atoms with Crippen LogP contribution < -0.4 is 10.6 Å². The summed E-state index contributed by atoms with van der Waals surface area (Å²) in [6.45, 7) is 3.08. The number of imide groups is 1. The van der Waals surface area contributed by atoms with E-state index in [2.05, 4.69) is 16.7 Å². The SMILES string of the molecule is CCN1CCCC(N(C(=O)Nc2ccc(-c3ccccc3C#N)nc2NCCc2cccc(F)c2)C(=O)OCc2ccccc2)C1=O. The number of pyridine rings is 1. The second-order valence-corrected chi connectivity index (χ2v) is 11.0. The second-order valence-electron chi connectivity index (χ2n) is 11.0. The predicted molar refractivity (Wildman–Crippen MR) is 176 cm³/mol. The number of carbonyl (C=O) groups is 3. The van der Waals surface area contributed by atoms with E-state index in [1.807, 2.05) is 25.1 Å². The molecule has 1 aliphatic heterocycles. The Labute approximate surface area is 272 Å². The smallest absolute Gasteiger partial charge is 0.419 e. The molecule has 1 aliphatic rings. The first-order chi connectivity index (χ1) is 22.9. The minimum atomic E-state index is -1.05. The van der Waals surface area contributed by atoms with Gasteiger partial charge in [0.05, 0.1) is 23.0 Å². The largest absolute Gasteiger partial charge is 0.444 e. The number of nitriles is 1. The van der Waals surface area contributed by atoms with Crippen molar-refractivity contribution in [2.45, 2.75) is 38.8 Å². The van der Waals surface area contributed by atoms with E-state index in [1.54, 1.807) is 65.6 Å². The van der Waals surface area contributed by atoms with Gasteiger partial charge in [-0.2, -0.15) is 5.26 Å². The molecule has 11 heteroatoms. The molecule has 1 atom stereocenters. The first-order valence-electron chi connectivity index (χ1n) is 15.5. The third-order valence-corrected chi connectivity index (χ3v) is 7.87. The number of anilines is 2. The number of likely N-dealkylation sites (tertiary alicyclic amines) is 1. The number of likely N-dealkylation sites (N-methyl/N-ethyl adjacent to an activating group) is 1. The molecule has 1 fully saturated rings. The lowest BCUT2D eigenvalue weighted by molar-refractivity contribution is -0.138. The predicted octanol–water partition coefficient (Wildman–Crippen LogP) is 6.60. The molecule has 240 valence electrons. The van der Waals surface area contributed by atoms with E-state index in [0.29, 0.717) is 55.7 Å². The van der Waals surface area contributed by atoms with Gasteiger partial charge in [0, 0.05) is 25.2 Å². The molecule has 1 saturated heterocycles. The number of hydrogen-bond acceptors (Lipinski definition) is 7. The molecule has 2 heterocycles. The second kappa shape index (κ2) is 15.5. The molecule has 0 bridgehead atoms. The first-order valence-corrected chi connectivity index (χ1v) is 15.5. The summed E-state index contributed by atoms with van der Waals surface area (Å²) in [6, 6.07) is 25.9. The summed E-state index contributed by atoms with van der Waals surface area (Å²) >= 11 is 0. The fraction of sp³-hybridized carbons (Fsp3) is 0.250. The van der Waals surface area contributed by atoms with Crippen molar-refractivity contribution in [3.05, 3.63) is 114 Å². The number of piperidine rings is 1. The van der Waals surface area contributed by atoms with Gasteiger partial charge in [-0.05, 0) is 67.6 Å². The summed E-state index contributed by atoms with van der Waals surface area (Å²) in [6.07, 6.45) is 0.411. The van der Waals surface area contributed by atoms with E-state index in [1.165, 1.54) is 12.1 Å². The molecule has 10 nitrogen and oxygen atoms in total. The van der Waals surface area contributed by atoms with Gasteiger partial charge in [-0.1, -0.05) is 60.7 Å². The molecular formula is C36H35FN6O4. The monoisotopic (exact) mass is 634 g/mol. The first kappa shape index (κ1) is 32.6. The van der Waals surface area contributed by atoms with E-state index in [0.717, 1.165) is 16.0 Å². The van der Waals surface area contributed by atoms with Gasteiger partial charge in [-0.3, -0.25) is 4.79 Å². The van der Waals surface area contributed by atoms with Crippen LogP contribution in [0.5, 0.6) is 0 Å². The lowest BCUT2D eigenvalue weighted by Crippen LogP contribution is -2.57. The van der Waals surface area contributed by atoms with Crippen LogP contribution in [0.15, 0.2) is 91.0 Å². The quantitative estimate of drug-likeness (QED) is 0.201. The number of urea groups is 1. The standard InChI is InChI=1S/C36H35FN6O4/c1-2-42-21-9-16-32(34(42)44)43(36(46)47-24-26-10-4-3-5-11-26)35(45)41-31-18-17-30(29-15-7-6-13-27(29)23-38)40-33(31)39-20-19-25-12-8-14-28(37)22-25/h3-8,10-15,17-18,22,32H,2,9,16,19-21,24H2,1H3,(H,39,40)(H,41,45). The van der Waals surface area contributed by atoms with E-state index < -0.39 is 18.2 Å². The normalized spacial score (nSPS) is 14.2. The van der Waals surface area contributed by atoms with Crippen molar-refractivity contribution in [2.24, 2.45) is 0 Å². The zero-order valence-corrected chi connectivity index (χ0v) is 26.0. The number of benzene rings is 3. The highest BCUT2D eigenvalue weighted by atomic mass is 19.1. The molecule has 47 heavy (non-hydrogen) atoms. The van der Waals surface area contributed by atoms with Crippen LogP contribution in [0.4, 0.5) is 25.5 Å². The summed E-state index contributed by atoms with van der Waals surface area (Å²) < 4.78 is 19.3. The Morgan fingerprint density at radius 3 is 2.57 bits per heavy atom. The van der Waals surface area contributed by atoms with E-state index in [9.17, 15) is 24.0 Å². The number of aromatic nitrogens is 1. The number of rotatable bonds is 10. The van der Waals surface area contributed by atoms with Crippen LogP contribution in [-0.2, 0) is 22.6 Å². The van der Waals surface area contributed by atoms with Crippen LogP contribution in [0, 0.1) is 17.1 Å². The van der Waals surface area contributed by atoms with Crippen LogP contribution in [-0.4, -0.2) is 58.5 Å². The number of ether oxygens (including phenoxy) is 1. The Kier molecular flexibility index (Phi) is 10.8. The van der Waals surface area contributed by atoms with Crippen molar-refractivity contribution in [2.75, 3.05) is 30.3 Å². The van der Waals surface area contributed by atoms with Gasteiger partial charge < -0.3 is 20.3 Å².